The molecule has 10 aromatic carbocycles. The van der Waals surface area contributed by atoms with Gasteiger partial charge >= 0.3 is 0 Å². The quantitative estimate of drug-likeness (QED) is 0.168. The van der Waals surface area contributed by atoms with Crippen molar-refractivity contribution in [2.75, 3.05) is 4.90 Å². The summed E-state index contributed by atoms with van der Waals surface area (Å²) in [6.07, 6.45) is 0. The average molecular weight is 688 g/mol. The molecule has 0 fully saturated rings. The van der Waals surface area contributed by atoms with E-state index in [1.807, 2.05) is 0 Å². The summed E-state index contributed by atoms with van der Waals surface area (Å²) in [5.74, 6) is 0. The van der Waals surface area contributed by atoms with Gasteiger partial charge in [0.2, 0.25) is 0 Å². The van der Waals surface area contributed by atoms with Gasteiger partial charge in [-0.1, -0.05) is 146 Å². The van der Waals surface area contributed by atoms with Crippen LogP contribution in [0.3, 0.4) is 0 Å². The van der Waals surface area contributed by atoms with Crippen molar-refractivity contribution in [3.05, 3.63) is 200 Å². The topological polar surface area (TPSA) is 16.4 Å². The molecule has 0 saturated heterocycles. The maximum absolute atomic E-state index is 6.39. The van der Waals surface area contributed by atoms with Crippen LogP contribution in [0.4, 0.5) is 17.1 Å². The Morgan fingerprint density at radius 3 is 1.76 bits per heavy atom. The SMILES string of the molecule is c1ccc(N(c2ccc(-c3cccc4c3ccc3ccccc34)cc2)c2ccc3ccccc3c2)c(-c2ccc3oc4cc5ccccc5cc4c3c2)c1. The van der Waals surface area contributed by atoms with Crippen molar-refractivity contribution >= 4 is 82.1 Å². The summed E-state index contributed by atoms with van der Waals surface area (Å²) >= 11 is 0. The lowest BCUT2D eigenvalue weighted by molar-refractivity contribution is 0.669. The van der Waals surface area contributed by atoms with E-state index in [1.165, 1.54) is 54.2 Å². The summed E-state index contributed by atoms with van der Waals surface area (Å²) in [5, 5.41) is 12.1. The summed E-state index contributed by atoms with van der Waals surface area (Å²) in [4.78, 5) is 2.40. The Hall–Kier alpha value is -7.16. The van der Waals surface area contributed by atoms with Gasteiger partial charge in [0.1, 0.15) is 11.2 Å². The van der Waals surface area contributed by atoms with Crippen molar-refractivity contribution in [2.45, 2.75) is 0 Å². The van der Waals surface area contributed by atoms with Crippen LogP contribution in [0.2, 0.25) is 0 Å². The number of benzene rings is 10. The lowest BCUT2D eigenvalue weighted by Gasteiger charge is -2.28. The van der Waals surface area contributed by atoms with Crippen molar-refractivity contribution in [1.29, 1.82) is 0 Å². The molecule has 0 radical (unpaired) electrons. The van der Waals surface area contributed by atoms with E-state index in [2.05, 4.69) is 205 Å². The Balaban J connectivity index is 1.07. The minimum absolute atomic E-state index is 0.893. The van der Waals surface area contributed by atoms with E-state index in [0.717, 1.165) is 50.1 Å². The Kier molecular flexibility index (Phi) is 6.90. The highest BCUT2D eigenvalue weighted by molar-refractivity contribution is 6.13. The van der Waals surface area contributed by atoms with Crippen LogP contribution in [0, 0.1) is 0 Å². The molecule has 0 unspecified atom stereocenters. The number of hydrogen-bond acceptors (Lipinski definition) is 2. The third-order valence-corrected chi connectivity index (χ3v) is 11.0. The fourth-order valence-corrected chi connectivity index (χ4v) is 8.37. The van der Waals surface area contributed by atoms with Crippen molar-refractivity contribution in [3.63, 3.8) is 0 Å². The number of furan rings is 1. The second-order valence-corrected chi connectivity index (χ2v) is 14.1. The van der Waals surface area contributed by atoms with Gasteiger partial charge < -0.3 is 9.32 Å². The van der Waals surface area contributed by atoms with Crippen LogP contribution in [0.25, 0.3) is 87.3 Å². The van der Waals surface area contributed by atoms with E-state index in [-0.39, 0.29) is 0 Å². The maximum atomic E-state index is 6.39. The van der Waals surface area contributed by atoms with E-state index in [0.29, 0.717) is 0 Å². The molecule has 0 aliphatic heterocycles. The molecule has 0 atom stereocenters. The third kappa shape index (κ3) is 4.96. The molecule has 11 rings (SSSR count). The van der Waals surface area contributed by atoms with Crippen LogP contribution < -0.4 is 4.90 Å². The summed E-state index contributed by atoms with van der Waals surface area (Å²) in [5.41, 5.74) is 9.81. The predicted octanol–water partition coefficient (Wildman–Crippen LogP) is 15.0. The normalized spacial score (nSPS) is 11.7. The third-order valence-electron chi connectivity index (χ3n) is 11.0. The molecule has 0 aliphatic rings. The van der Waals surface area contributed by atoms with Crippen molar-refractivity contribution in [3.8, 4) is 22.3 Å². The summed E-state index contributed by atoms with van der Waals surface area (Å²) < 4.78 is 6.39. The predicted molar refractivity (Wildman–Crippen MR) is 229 cm³/mol. The smallest absolute Gasteiger partial charge is 0.136 e. The van der Waals surface area contributed by atoms with Crippen LogP contribution >= 0.6 is 0 Å². The minimum atomic E-state index is 0.893. The molecule has 0 saturated carbocycles. The molecule has 2 nitrogen and oxygen atoms in total. The highest BCUT2D eigenvalue weighted by Crippen LogP contribution is 2.44. The highest BCUT2D eigenvalue weighted by atomic mass is 16.3. The number of rotatable bonds is 5. The zero-order chi connectivity index (χ0) is 35.6. The number of anilines is 3. The summed E-state index contributed by atoms with van der Waals surface area (Å²) in [6, 6.07) is 72.4. The Bertz CT molecular complexity index is 3230. The second kappa shape index (κ2) is 12.2. The highest BCUT2D eigenvalue weighted by Gasteiger charge is 2.19. The molecule has 0 N–H and O–H groups in total. The zero-order valence-electron chi connectivity index (χ0n) is 29.4. The first kappa shape index (κ1) is 30.5. The lowest BCUT2D eigenvalue weighted by Crippen LogP contribution is -2.11. The molecule has 0 aliphatic carbocycles. The molecule has 0 amide bonds. The van der Waals surface area contributed by atoms with E-state index < -0.39 is 0 Å². The monoisotopic (exact) mass is 687 g/mol. The Labute approximate surface area is 312 Å². The van der Waals surface area contributed by atoms with E-state index in [9.17, 15) is 0 Å². The molecule has 0 spiro atoms. The van der Waals surface area contributed by atoms with Gasteiger partial charge in [-0.3, -0.25) is 0 Å². The number of para-hydroxylation sites is 1. The van der Waals surface area contributed by atoms with Gasteiger partial charge in [-0.15, -0.1) is 0 Å². The fraction of sp³-hybridized carbons (Fsp3) is 0. The molecular weight excluding hydrogens is 655 g/mol. The van der Waals surface area contributed by atoms with Crippen LogP contribution in [0.1, 0.15) is 0 Å². The Morgan fingerprint density at radius 2 is 0.907 bits per heavy atom. The van der Waals surface area contributed by atoms with Crippen LogP contribution in [0.15, 0.2) is 205 Å². The first-order valence-electron chi connectivity index (χ1n) is 18.5. The van der Waals surface area contributed by atoms with Gasteiger partial charge in [-0.2, -0.15) is 0 Å². The van der Waals surface area contributed by atoms with Gasteiger partial charge in [0.25, 0.3) is 0 Å². The second-order valence-electron chi connectivity index (χ2n) is 14.1. The standard InChI is InChI=1S/C52H33NO/c1-2-12-37-30-42(27-20-34(37)10-1)53(41-25-21-36(22-26-41)44-17-9-18-46-43-15-6-5-11-35(43)23-28-47(44)46)50-19-8-7-16-45(50)40-24-29-51-48(32-40)49-31-38-13-3-4-14-39(38)33-52(49)54-51/h1-33H. The van der Waals surface area contributed by atoms with Crippen molar-refractivity contribution < 1.29 is 4.42 Å². The summed E-state index contributed by atoms with van der Waals surface area (Å²) in [6.45, 7) is 0. The van der Waals surface area contributed by atoms with Gasteiger partial charge in [0, 0.05) is 27.7 Å². The average Bonchev–Trinajstić information content (AvgIpc) is 3.59. The first-order valence-corrected chi connectivity index (χ1v) is 18.5. The largest absolute Gasteiger partial charge is 0.456 e. The molecule has 1 aromatic heterocycles. The molecule has 252 valence electrons. The molecule has 54 heavy (non-hydrogen) atoms. The Morgan fingerprint density at radius 1 is 0.296 bits per heavy atom. The molecule has 2 heteroatoms. The van der Waals surface area contributed by atoms with Gasteiger partial charge in [-0.25, -0.2) is 0 Å². The summed E-state index contributed by atoms with van der Waals surface area (Å²) in [7, 11) is 0. The van der Waals surface area contributed by atoms with Gasteiger partial charge in [-0.05, 0) is 114 Å². The minimum Gasteiger partial charge on any atom is -0.456 e. The van der Waals surface area contributed by atoms with Crippen LogP contribution in [-0.2, 0) is 0 Å². The lowest BCUT2D eigenvalue weighted by atomic mass is 9.94. The number of hydrogen-bond donors (Lipinski definition) is 0. The van der Waals surface area contributed by atoms with E-state index in [4.69, 9.17) is 4.42 Å². The van der Waals surface area contributed by atoms with Gasteiger partial charge in [0.05, 0.1) is 5.69 Å². The van der Waals surface area contributed by atoms with E-state index >= 15 is 0 Å². The zero-order valence-corrected chi connectivity index (χ0v) is 29.4. The van der Waals surface area contributed by atoms with Gasteiger partial charge in [0.15, 0.2) is 0 Å². The molecular formula is C52H33NO. The van der Waals surface area contributed by atoms with Crippen molar-refractivity contribution in [2.24, 2.45) is 0 Å². The first-order chi connectivity index (χ1) is 26.7. The number of nitrogens with zero attached hydrogens (tertiary/aromatic N) is 1. The molecule has 0 bridgehead atoms. The maximum Gasteiger partial charge on any atom is 0.136 e. The fourth-order valence-electron chi connectivity index (χ4n) is 8.37. The van der Waals surface area contributed by atoms with Crippen molar-refractivity contribution in [1.82, 2.24) is 0 Å². The molecule has 11 aromatic rings. The molecule has 1 heterocycles. The number of fused-ring (bicyclic) bond motifs is 8. The van der Waals surface area contributed by atoms with E-state index in [1.54, 1.807) is 0 Å². The van der Waals surface area contributed by atoms with Crippen LogP contribution in [0.5, 0.6) is 0 Å². The van der Waals surface area contributed by atoms with Crippen LogP contribution in [-0.4, -0.2) is 0 Å².